The van der Waals surface area contributed by atoms with E-state index >= 15 is 0 Å². The van der Waals surface area contributed by atoms with Gasteiger partial charge in [-0.1, -0.05) is 45.9 Å². The van der Waals surface area contributed by atoms with E-state index in [1.165, 1.54) is 17.8 Å². The molecule has 0 saturated carbocycles. The fourth-order valence-corrected chi connectivity index (χ4v) is 3.16. The maximum atomic E-state index is 11.0. The van der Waals surface area contributed by atoms with Crippen molar-refractivity contribution in [2.45, 2.75) is 16.4 Å². The highest BCUT2D eigenvalue weighted by atomic mass is 79.9. The predicted octanol–water partition coefficient (Wildman–Crippen LogP) is 4.00. The number of benzene rings is 2. The van der Waals surface area contributed by atoms with Crippen LogP contribution in [0.25, 0.3) is 0 Å². The summed E-state index contributed by atoms with van der Waals surface area (Å²) in [5, 5.41) is 20.3. The summed E-state index contributed by atoms with van der Waals surface area (Å²) in [4.78, 5) is 11.9. The fraction of sp³-hybridized carbons (Fsp3) is 0.0769. The van der Waals surface area contributed by atoms with Crippen molar-refractivity contribution < 1.29 is 10.0 Å². The van der Waals surface area contributed by atoms with Gasteiger partial charge in [-0.15, -0.1) is 0 Å². The molecular formula is C13H10BrNO3S. The number of aliphatic hydroxyl groups excluding tert-OH is 1. The van der Waals surface area contributed by atoms with Gasteiger partial charge in [-0.3, -0.25) is 10.1 Å². The highest BCUT2D eigenvalue weighted by molar-refractivity contribution is 9.10. The Labute approximate surface area is 122 Å². The van der Waals surface area contributed by atoms with Crippen LogP contribution in [0.2, 0.25) is 0 Å². The van der Waals surface area contributed by atoms with Gasteiger partial charge in [0.1, 0.15) is 0 Å². The molecule has 6 heteroatoms. The second kappa shape index (κ2) is 6.18. The van der Waals surface area contributed by atoms with Gasteiger partial charge in [0.15, 0.2) is 0 Å². The molecule has 0 unspecified atom stereocenters. The Morgan fingerprint density at radius 1 is 1.21 bits per heavy atom. The van der Waals surface area contributed by atoms with E-state index in [1.807, 2.05) is 12.1 Å². The largest absolute Gasteiger partial charge is 0.392 e. The van der Waals surface area contributed by atoms with Crippen LogP contribution in [-0.4, -0.2) is 10.0 Å². The summed E-state index contributed by atoms with van der Waals surface area (Å²) in [6.07, 6.45) is 0. The molecule has 0 heterocycles. The summed E-state index contributed by atoms with van der Waals surface area (Å²) in [7, 11) is 0. The lowest BCUT2D eigenvalue weighted by Crippen LogP contribution is -1.92. The second-order valence-corrected chi connectivity index (χ2v) is 5.74. The Morgan fingerprint density at radius 3 is 2.63 bits per heavy atom. The minimum atomic E-state index is -0.404. The highest BCUT2D eigenvalue weighted by Crippen LogP contribution is 2.37. The summed E-state index contributed by atoms with van der Waals surface area (Å²) in [5.74, 6) is 0. The smallest absolute Gasteiger partial charge is 0.283 e. The van der Waals surface area contributed by atoms with E-state index < -0.39 is 4.92 Å². The highest BCUT2D eigenvalue weighted by Gasteiger charge is 2.15. The van der Waals surface area contributed by atoms with Crippen LogP contribution in [0, 0.1) is 10.1 Å². The molecule has 98 valence electrons. The van der Waals surface area contributed by atoms with Crippen molar-refractivity contribution in [1.29, 1.82) is 0 Å². The number of halogens is 1. The number of aliphatic hydroxyl groups is 1. The van der Waals surface area contributed by atoms with Crippen LogP contribution in [0.1, 0.15) is 5.56 Å². The molecule has 0 radical (unpaired) electrons. The van der Waals surface area contributed by atoms with E-state index in [0.29, 0.717) is 4.90 Å². The summed E-state index contributed by atoms with van der Waals surface area (Å²) in [5.41, 5.74) is 0.808. The lowest BCUT2D eigenvalue weighted by molar-refractivity contribution is -0.387. The summed E-state index contributed by atoms with van der Waals surface area (Å²) in [6.45, 7) is -0.101. The third-order valence-corrected chi connectivity index (χ3v) is 4.14. The van der Waals surface area contributed by atoms with E-state index in [1.54, 1.807) is 24.3 Å². The van der Waals surface area contributed by atoms with Gasteiger partial charge in [0, 0.05) is 15.4 Å². The van der Waals surface area contributed by atoms with E-state index in [0.717, 1.165) is 14.9 Å². The maximum Gasteiger partial charge on any atom is 0.283 e. The molecule has 1 N–H and O–H groups in total. The van der Waals surface area contributed by atoms with Crippen molar-refractivity contribution in [3.05, 3.63) is 62.6 Å². The number of rotatable bonds is 4. The Morgan fingerprint density at radius 2 is 1.95 bits per heavy atom. The van der Waals surface area contributed by atoms with Gasteiger partial charge in [0.05, 0.1) is 16.4 Å². The molecule has 19 heavy (non-hydrogen) atoms. The van der Waals surface area contributed by atoms with E-state index in [4.69, 9.17) is 0 Å². The summed E-state index contributed by atoms with van der Waals surface area (Å²) >= 11 is 4.63. The quantitative estimate of drug-likeness (QED) is 0.675. The molecule has 0 spiro atoms. The molecule has 0 bridgehead atoms. The third kappa shape index (κ3) is 3.34. The molecule has 0 atom stereocenters. The molecule has 0 saturated heterocycles. The van der Waals surface area contributed by atoms with Crippen molar-refractivity contribution in [2.24, 2.45) is 0 Å². The van der Waals surface area contributed by atoms with Crippen molar-refractivity contribution in [2.75, 3.05) is 0 Å². The topological polar surface area (TPSA) is 63.4 Å². The molecule has 0 aliphatic heterocycles. The molecule has 2 aromatic carbocycles. The molecule has 0 aliphatic carbocycles. The molecular weight excluding hydrogens is 330 g/mol. The predicted molar refractivity (Wildman–Crippen MR) is 77.3 cm³/mol. The standard InChI is InChI=1S/C13H10BrNO3S/c14-10-6-5-9(8-16)13(7-10)19-12-4-2-1-3-11(12)15(17)18/h1-7,16H,8H2. The van der Waals surface area contributed by atoms with Crippen molar-refractivity contribution in [1.82, 2.24) is 0 Å². The van der Waals surface area contributed by atoms with Crippen LogP contribution < -0.4 is 0 Å². The number of hydrogen-bond acceptors (Lipinski definition) is 4. The Balaban J connectivity index is 2.41. The third-order valence-electron chi connectivity index (χ3n) is 2.48. The Bertz CT molecular complexity index is 619. The SMILES string of the molecule is O=[N+]([O-])c1ccccc1Sc1cc(Br)ccc1CO. The minimum Gasteiger partial charge on any atom is -0.392 e. The number of nitro benzene ring substituents is 1. The molecule has 2 rings (SSSR count). The average molecular weight is 340 g/mol. The summed E-state index contributed by atoms with van der Waals surface area (Å²) < 4.78 is 0.866. The van der Waals surface area contributed by atoms with Crippen molar-refractivity contribution >= 4 is 33.4 Å². The van der Waals surface area contributed by atoms with E-state index in [2.05, 4.69) is 15.9 Å². The van der Waals surface area contributed by atoms with Crippen LogP contribution in [0.4, 0.5) is 5.69 Å². The maximum absolute atomic E-state index is 11.0. The molecule has 0 aromatic heterocycles. The van der Waals surface area contributed by atoms with Crippen molar-refractivity contribution in [3.63, 3.8) is 0 Å². The van der Waals surface area contributed by atoms with Crippen LogP contribution in [-0.2, 0) is 6.61 Å². The van der Waals surface area contributed by atoms with Gasteiger partial charge in [-0.2, -0.15) is 0 Å². The van der Waals surface area contributed by atoms with E-state index in [-0.39, 0.29) is 12.3 Å². The first kappa shape index (κ1) is 14.0. The zero-order chi connectivity index (χ0) is 13.8. The van der Waals surface area contributed by atoms with E-state index in [9.17, 15) is 15.2 Å². The Kier molecular flexibility index (Phi) is 4.57. The number of nitrogens with zero attached hydrogens (tertiary/aromatic N) is 1. The lowest BCUT2D eigenvalue weighted by atomic mass is 10.2. The van der Waals surface area contributed by atoms with Gasteiger partial charge >= 0.3 is 0 Å². The molecule has 0 aliphatic rings. The van der Waals surface area contributed by atoms with Crippen molar-refractivity contribution in [3.8, 4) is 0 Å². The number of para-hydroxylation sites is 1. The van der Waals surface area contributed by atoms with Crippen LogP contribution in [0.3, 0.4) is 0 Å². The lowest BCUT2D eigenvalue weighted by Gasteiger charge is -2.08. The van der Waals surface area contributed by atoms with Gasteiger partial charge in [-0.05, 0) is 23.8 Å². The second-order valence-electron chi connectivity index (χ2n) is 3.74. The van der Waals surface area contributed by atoms with Crippen LogP contribution in [0.15, 0.2) is 56.7 Å². The minimum absolute atomic E-state index is 0.0661. The molecule has 2 aromatic rings. The Hall–Kier alpha value is -1.37. The first-order valence-electron chi connectivity index (χ1n) is 5.42. The molecule has 0 fully saturated rings. The number of hydrogen-bond donors (Lipinski definition) is 1. The monoisotopic (exact) mass is 339 g/mol. The van der Waals surface area contributed by atoms with Gasteiger partial charge in [-0.25, -0.2) is 0 Å². The van der Waals surface area contributed by atoms with Gasteiger partial charge in [0.25, 0.3) is 5.69 Å². The fourth-order valence-electron chi connectivity index (χ4n) is 1.57. The van der Waals surface area contributed by atoms with Gasteiger partial charge < -0.3 is 5.11 Å². The number of nitro groups is 1. The normalized spacial score (nSPS) is 10.4. The van der Waals surface area contributed by atoms with Crippen LogP contribution in [0.5, 0.6) is 0 Å². The van der Waals surface area contributed by atoms with Gasteiger partial charge in [0.2, 0.25) is 0 Å². The first-order chi connectivity index (χ1) is 9.11. The van der Waals surface area contributed by atoms with Crippen LogP contribution >= 0.6 is 27.7 Å². The summed E-state index contributed by atoms with van der Waals surface area (Å²) in [6, 6.07) is 12.0. The zero-order valence-corrected chi connectivity index (χ0v) is 12.1. The molecule has 0 amide bonds. The molecule has 4 nitrogen and oxygen atoms in total. The average Bonchev–Trinajstić information content (AvgIpc) is 2.39. The first-order valence-corrected chi connectivity index (χ1v) is 7.03. The zero-order valence-electron chi connectivity index (χ0n) is 9.75.